The fraction of sp³-hybridized carbons (Fsp3) is 0.355. The molecule has 0 bridgehead atoms. The molecule has 0 spiro atoms. The maximum Gasteiger partial charge on any atom is 0.264 e. The van der Waals surface area contributed by atoms with Gasteiger partial charge in [-0.25, -0.2) is 8.42 Å². The minimum Gasteiger partial charge on any atom is -0.493 e. The van der Waals surface area contributed by atoms with Crippen LogP contribution in [0.25, 0.3) is 0 Å². The normalized spacial score (nSPS) is 11.9. The number of nitrogens with zero attached hydrogens (tertiary/aromatic N) is 2. The third kappa shape index (κ3) is 8.78. The van der Waals surface area contributed by atoms with Gasteiger partial charge in [0, 0.05) is 29.2 Å². The Morgan fingerprint density at radius 3 is 2.05 bits per heavy atom. The van der Waals surface area contributed by atoms with Crippen LogP contribution in [-0.2, 0) is 26.2 Å². The highest BCUT2D eigenvalue weighted by Crippen LogP contribution is 2.33. The minimum absolute atomic E-state index is 0.0700. The number of rotatable bonds is 15. The van der Waals surface area contributed by atoms with Gasteiger partial charge >= 0.3 is 0 Å². The standard InChI is InChI=1S/C31H37Cl2N3O6S/c1-5-7-18-34-31(38)27(6-2)35(20-22-8-10-23(32)11-9-22)30(37)21-36(25-14-12-24(33)13-15-25)43(39,40)26-16-17-28(41-3)29(19-26)42-4/h8-17,19,27H,5-7,18,20-21H2,1-4H3,(H,34,38)/t27-/m0/s1. The van der Waals surface area contributed by atoms with Crippen LogP contribution < -0.4 is 19.1 Å². The van der Waals surface area contributed by atoms with Crippen molar-refractivity contribution in [3.05, 3.63) is 82.3 Å². The summed E-state index contributed by atoms with van der Waals surface area (Å²) in [4.78, 5) is 28.7. The highest BCUT2D eigenvalue weighted by atomic mass is 35.5. The minimum atomic E-state index is -4.31. The van der Waals surface area contributed by atoms with Crippen molar-refractivity contribution in [1.82, 2.24) is 10.2 Å². The van der Waals surface area contributed by atoms with Crippen molar-refractivity contribution in [3.63, 3.8) is 0 Å². The summed E-state index contributed by atoms with van der Waals surface area (Å²) in [5, 5.41) is 3.84. The lowest BCUT2D eigenvalue weighted by atomic mass is 10.1. The van der Waals surface area contributed by atoms with E-state index < -0.39 is 28.5 Å². The molecule has 3 aromatic carbocycles. The predicted octanol–water partition coefficient (Wildman–Crippen LogP) is 5.93. The molecule has 3 aromatic rings. The van der Waals surface area contributed by atoms with E-state index >= 15 is 0 Å². The molecule has 0 aliphatic rings. The van der Waals surface area contributed by atoms with Gasteiger partial charge in [0.25, 0.3) is 10.0 Å². The number of amides is 2. The summed E-state index contributed by atoms with van der Waals surface area (Å²) in [6.45, 7) is 3.79. The SMILES string of the molecule is CCCCNC(=O)[C@H](CC)N(Cc1ccc(Cl)cc1)C(=O)CN(c1ccc(Cl)cc1)S(=O)(=O)c1ccc(OC)c(OC)c1. The van der Waals surface area contributed by atoms with Crippen LogP contribution in [0.5, 0.6) is 11.5 Å². The summed E-state index contributed by atoms with van der Waals surface area (Å²) in [5.74, 6) is -0.305. The zero-order chi connectivity index (χ0) is 31.6. The summed E-state index contributed by atoms with van der Waals surface area (Å²) in [6, 6.07) is 16.4. The number of carbonyl (C=O) groups excluding carboxylic acids is 2. The van der Waals surface area contributed by atoms with Gasteiger partial charge in [-0.3, -0.25) is 13.9 Å². The average molecular weight is 651 g/mol. The van der Waals surface area contributed by atoms with Gasteiger partial charge in [0.1, 0.15) is 12.6 Å². The molecule has 0 saturated carbocycles. The van der Waals surface area contributed by atoms with Gasteiger partial charge in [0.05, 0.1) is 24.8 Å². The van der Waals surface area contributed by atoms with Gasteiger partial charge in [-0.1, -0.05) is 55.6 Å². The van der Waals surface area contributed by atoms with E-state index in [4.69, 9.17) is 32.7 Å². The van der Waals surface area contributed by atoms with E-state index in [0.717, 1.165) is 22.7 Å². The van der Waals surface area contributed by atoms with E-state index in [9.17, 15) is 18.0 Å². The lowest BCUT2D eigenvalue weighted by Gasteiger charge is -2.33. The maximum absolute atomic E-state index is 14.1. The zero-order valence-electron chi connectivity index (χ0n) is 24.7. The van der Waals surface area contributed by atoms with Gasteiger partial charge in [-0.05, 0) is 66.9 Å². The Morgan fingerprint density at radius 2 is 1.49 bits per heavy atom. The third-order valence-electron chi connectivity index (χ3n) is 6.82. The molecule has 0 aliphatic heterocycles. The second-order valence-corrected chi connectivity index (χ2v) is 12.5. The first-order valence-corrected chi connectivity index (χ1v) is 16.1. The molecule has 1 N–H and O–H groups in total. The van der Waals surface area contributed by atoms with E-state index in [-0.39, 0.29) is 28.8 Å². The van der Waals surface area contributed by atoms with Crippen LogP contribution in [-0.4, -0.2) is 58.5 Å². The smallest absolute Gasteiger partial charge is 0.264 e. The first-order chi connectivity index (χ1) is 20.5. The summed E-state index contributed by atoms with van der Waals surface area (Å²) in [5.41, 5.74) is 0.956. The molecular weight excluding hydrogens is 613 g/mol. The lowest BCUT2D eigenvalue weighted by Crippen LogP contribution is -2.52. The van der Waals surface area contributed by atoms with Crippen LogP contribution in [0.2, 0.25) is 10.0 Å². The Hall–Kier alpha value is -3.47. The molecule has 0 aromatic heterocycles. The average Bonchev–Trinajstić information content (AvgIpc) is 3.00. The van der Waals surface area contributed by atoms with E-state index in [1.807, 2.05) is 13.8 Å². The molecule has 0 heterocycles. The number of nitrogens with one attached hydrogen (secondary N) is 1. The fourth-order valence-corrected chi connectivity index (χ4v) is 6.13. The maximum atomic E-state index is 14.1. The van der Waals surface area contributed by atoms with Crippen LogP contribution in [0.15, 0.2) is 71.6 Å². The second-order valence-electron chi connectivity index (χ2n) is 9.72. The van der Waals surface area contributed by atoms with Crippen LogP contribution >= 0.6 is 23.2 Å². The molecule has 232 valence electrons. The monoisotopic (exact) mass is 649 g/mol. The molecule has 12 heteroatoms. The van der Waals surface area contributed by atoms with Gasteiger partial charge in [-0.15, -0.1) is 0 Å². The van der Waals surface area contributed by atoms with Crippen molar-refractivity contribution in [2.45, 2.75) is 50.6 Å². The Labute approximate surface area is 263 Å². The largest absolute Gasteiger partial charge is 0.493 e. The number of hydrogen-bond acceptors (Lipinski definition) is 6. The van der Waals surface area contributed by atoms with E-state index in [0.29, 0.717) is 28.8 Å². The molecular formula is C31H37Cl2N3O6S. The number of ether oxygens (including phenoxy) is 2. The lowest BCUT2D eigenvalue weighted by molar-refractivity contribution is -0.140. The van der Waals surface area contributed by atoms with E-state index in [1.54, 1.807) is 36.4 Å². The number of carbonyl (C=O) groups is 2. The summed E-state index contributed by atoms with van der Waals surface area (Å²) in [7, 11) is -1.46. The molecule has 9 nitrogen and oxygen atoms in total. The summed E-state index contributed by atoms with van der Waals surface area (Å²) < 4.78 is 39.8. The van der Waals surface area contributed by atoms with Crippen LogP contribution in [0.1, 0.15) is 38.7 Å². The van der Waals surface area contributed by atoms with Crippen LogP contribution in [0.3, 0.4) is 0 Å². The molecule has 0 radical (unpaired) electrons. The molecule has 0 aliphatic carbocycles. The van der Waals surface area contributed by atoms with Crippen LogP contribution in [0.4, 0.5) is 5.69 Å². The Balaban J connectivity index is 2.06. The van der Waals surface area contributed by atoms with Crippen molar-refractivity contribution in [3.8, 4) is 11.5 Å². The second kappa shape index (κ2) is 15.8. The molecule has 0 fully saturated rings. The number of benzene rings is 3. The number of anilines is 1. The molecule has 0 unspecified atom stereocenters. The van der Waals surface area contributed by atoms with Gasteiger partial charge in [-0.2, -0.15) is 0 Å². The quantitative estimate of drug-likeness (QED) is 0.205. The molecule has 43 heavy (non-hydrogen) atoms. The molecule has 0 saturated heterocycles. The van der Waals surface area contributed by atoms with Crippen LogP contribution in [0, 0.1) is 0 Å². The number of unbranched alkanes of at least 4 members (excludes halogenated alkanes) is 1. The highest BCUT2D eigenvalue weighted by molar-refractivity contribution is 7.92. The predicted molar refractivity (Wildman–Crippen MR) is 170 cm³/mol. The van der Waals surface area contributed by atoms with Crippen molar-refractivity contribution < 1.29 is 27.5 Å². The van der Waals surface area contributed by atoms with E-state index in [2.05, 4.69) is 5.32 Å². The van der Waals surface area contributed by atoms with Crippen molar-refractivity contribution in [1.29, 1.82) is 0 Å². The van der Waals surface area contributed by atoms with Crippen molar-refractivity contribution in [2.24, 2.45) is 0 Å². The Kier molecular flexibility index (Phi) is 12.5. The number of halogens is 2. The molecule has 2 amide bonds. The van der Waals surface area contributed by atoms with Crippen molar-refractivity contribution >= 4 is 50.7 Å². The number of methoxy groups -OCH3 is 2. The number of hydrogen-bond donors (Lipinski definition) is 1. The zero-order valence-corrected chi connectivity index (χ0v) is 27.0. The van der Waals surface area contributed by atoms with Gasteiger partial charge in [0.15, 0.2) is 11.5 Å². The molecule has 3 rings (SSSR count). The summed E-state index contributed by atoms with van der Waals surface area (Å²) >= 11 is 12.2. The highest BCUT2D eigenvalue weighted by Gasteiger charge is 2.34. The fourth-order valence-electron chi connectivity index (χ4n) is 4.45. The number of sulfonamides is 1. The third-order valence-corrected chi connectivity index (χ3v) is 9.09. The molecule has 1 atom stereocenters. The van der Waals surface area contributed by atoms with Gasteiger partial charge in [0.2, 0.25) is 11.8 Å². The first-order valence-electron chi connectivity index (χ1n) is 13.9. The topological polar surface area (TPSA) is 105 Å². The summed E-state index contributed by atoms with van der Waals surface area (Å²) in [6.07, 6.45) is 2.01. The first kappa shape index (κ1) is 34.0. The Morgan fingerprint density at radius 1 is 0.884 bits per heavy atom. The van der Waals surface area contributed by atoms with E-state index in [1.165, 1.54) is 49.5 Å². The van der Waals surface area contributed by atoms with Gasteiger partial charge < -0.3 is 19.7 Å². The van der Waals surface area contributed by atoms with Crippen molar-refractivity contribution in [2.75, 3.05) is 31.6 Å². The Bertz CT molecular complexity index is 1480.